The lowest BCUT2D eigenvalue weighted by atomic mass is 10.1. The van der Waals surface area contributed by atoms with E-state index in [1.54, 1.807) is 0 Å². The van der Waals surface area contributed by atoms with E-state index in [0.717, 1.165) is 77.0 Å². The fourth-order valence-electron chi connectivity index (χ4n) is 9.33. The van der Waals surface area contributed by atoms with Gasteiger partial charge in [-0.1, -0.05) is 280 Å². The van der Waals surface area contributed by atoms with Crippen molar-refractivity contribution in [1.29, 1.82) is 0 Å². The predicted molar refractivity (Wildman–Crippen MR) is 325 cm³/mol. The van der Waals surface area contributed by atoms with Crippen LogP contribution in [0.15, 0.2) is 72.9 Å². The van der Waals surface area contributed by atoms with Gasteiger partial charge in [-0.3, -0.25) is 14.4 Å². The monoisotopic (exact) mass is 1050 g/mol. The van der Waals surface area contributed by atoms with E-state index < -0.39 is 6.10 Å². The average molecular weight is 1050 g/mol. The summed E-state index contributed by atoms with van der Waals surface area (Å²) in [5.41, 5.74) is 0. The van der Waals surface area contributed by atoms with E-state index in [1.165, 1.54) is 212 Å². The molecule has 0 saturated carbocycles. The first-order valence-corrected chi connectivity index (χ1v) is 32.5. The average Bonchev–Trinajstić information content (AvgIpc) is 3.41. The van der Waals surface area contributed by atoms with Gasteiger partial charge in [0.05, 0.1) is 0 Å². The van der Waals surface area contributed by atoms with Crippen molar-refractivity contribution in [3.63, 3.8) is 0 Å². The highest BCUT2D eigenvalue weighted by Crippen LogP contribution is 2.17. The molecule has 6 heteroatoms. The lowest BCUT2D eigenvalue weighted by molar-refractivity contribution is -0.167. The van der Waals surface area contributed by atoms with Crippen LogP contribution in [0.1, 0.15) is 329 Å². The summed E-state index contributed by atoms with van der Waals surface area (Å²) >= 11 is 0. The number of ether oxygens (including phenoxy) is 3. The Balaban J connectivity index is 4.38. The molecule has 75 heavy (non-hydrogen) atoms. The number of carbonyl (C=O) groups is 3. The molecule has 6 nitrogen and oxygen atoms in total. The third kappa shape index (κ3) is 61.6. The third-order valence-corrected chi connectivity index (χ3v) is 14.2. The Bertz CT molecular complexity index is 1390. The number of esters is 3. The Kier molecular flexibility index (Phi) is 60.7. The summed E-state index contributed by atoms with van der Waals surface area (Å²) in [4.78, 5) is 38.4. The molecule has 0 amide bonds. The first kappa shape index (κ1) is 71.8. The molecule has 0 aromatic heterocycles. The molecule has 0 spiro atoms. The van der Waals surface area contributed by atoms with E-state index in [-0.39, 0.29) is 31.1 Å². The second-order valence-corrected chi connectivity index (χ2v) is 21.7. The van der Waals surface area contributed by atoms with Gasteiger partial charge in [0.2, 0.25) is 0 Å². The molecule has 0 rings (SSSR count). The molecule has 0 saturated heterocycles. The first-order chi connectivity index (χ1) is 37.0. The number of hydrogen-bond acceptors (Lipinski definition) is 6. The molecule has 0 aromatic carbocycles. The van der Waals surface area contributed by atoms with Crippen molar-refractivity contribution in [1.82, 2.24) is 0 Å². The SMILES string of the molecule is CC/C=C\C/C=C\C/C=C\CCCCCCCCCCCC(=O)OCC(COC(=O)CCCCCCCCC/C=C\CCCCCCCCCC)OC(=O)CCCCCCCCCCCC/C=C\C=C/CCCCC. The first-order valence-electron chi connectivity index (χ1n) is 32.5. The van der Waals surface area contributed by atoms with Crippen molar-refractivity contribution >= 4 is 17.9 Å². The largest absolute Gasteiger partial charge is 0.462 e. The van der Waals surface area contributed by atoms with Crippen molar-refractivity contribution in [2.45, 2.75) is 335 Å². The zero-order valence-corrected chi connectivity index (χ0v) is 49.8. The van der Waals surface area contributed by atoms with Crippen LogP contribution in [-0.4, -0.2) is 37.2 Å². The summed E-state index contributed by atoms with van der Waals surface area (Å²) < 4.78 is 17.0. The third-order valence-electron chi connectivity index (χ3n) is 14.2. The van der Waals surface area contributed by atoms with Crippen molar-refractivity contribution in [3.8, 4) is 0 Å². The highest BCUT2D eigenvalue weighted by atomic mass is 16.6. The number of hydrogen-bond donors (Lipinski definition) is 0. The van der Waals surface area contributed by atoms with Gasteiger partial charge in [-0.25, -0.2) is 0 Å². The second kappa shape index (κ2) is 63.4. The van der Waals surface area contributed by atoms with Crippen molar-refractivity contribution in [2.75, 3.05) is 13.2 Å². The quantitative estimate of drug-likeness (QED) is 0.0199. The number of unbranched alkanes of at least 4 members (excludes halogenated alkanes) is 37. The van der Waals surface area contributed by atoms with Crippen LogP contribution in [0.5, 0.6) is 0 Å². The van der Waals surface area contributed by atoms with Gasteiger partial charge in [0.15, 0.2) is 6.10 Å². The summed E-state index contributed by atoms with van der Waals surface area (Å²) in [6.45, 7) is 6.54. The Morgan fingerprint density at radius 1 is 0.293 bits per heavy atom. The summed E-state index contributed by atoms with van der Waals surface area (Å²) in [7, 11) is 0. The number of allylic oxidation sites excluding steroid dienone is 12. The fourth-order valence-corrected chi connectivity index (χ4v) is 9.33. The maximum absolute atomic E-state index is 12.9. The van der Waals surface area contributed by atoms with Gasteiger partial charge in [0, 0.05) is 19.3 Å². The number of carbonyl (C=O) groups excluding carboxylic acids is 3. The van der Waals surface area contributed by atoms with E-state index in [2.05, 4.69) is 93.7 Å². The lowest BCUT2D eigenvalue weighted by Crippen LogP contribution is -2.30. The van der Waals surface area contributed by atoms with Gasteiger partial charge in [-0.05, 0) is 103 Å². The van der Waals surface area contributed by atoms with Crippen LogP contribution >= 0.6 is 0 Å². The number of rotatable bonds is 59. The molecule has 434 valence electrons. The molecular formula is C69H122O6. The van der Waals surface area contributed by atoms with Crippen LogP contribution in [0.3, 0.4) is 0 Å². The van der Waals surface area contributed by atoms with Gasteiger partial charge in [-0.15, -0.1) is 0 Å². The molecular weight excluding hydrogens is 925 g/mol. The van der Waals surface area contributed by atoms with Crippen molar-refractivity contribution < 1.29 is 28.6 Å². The minimum Gasteiger partial charge on any atom is -0.462 e. The van der Waals surface area contributed by atoms with Crippen LogP contribution in [0.4, 0.5) is 0 Å². The van der Waals surface area contributed by atoms with E-state index >= 15 is 0 Å². The van der Waals surface area contributed by atoms with Crippen LogP contribution in [0.25, 0.3) is 0 Å². The molecule has 1 unspecified atom stereocenters. The Labute approximate surface area is 465 Å². The zero-order chi connectivity index (χ0) is 54.3. The van der Waals surface area contributed by atoms with E-state index in [4.69, 9.17) is 14.2 Å². The molecule has 0 radical (unpaired) electrons. The summed E-state index contributed by atoms with van der Waals surface area (Å²) in [5, 5.41) is 0. The van der Waals surface area contributed by atoms with E-state index in [1.807, 2.05) is 0 Å². The predicted octanol–water partition coefficient (Wildman–Crippen LogP) is 22.1. The minimum atomic E-state index is -0.783. The zero-order valence-electron chi connectivity index (χ0n) is 49.8. The minimum absolute atomic E-state index is 0.0790. The van der Waals surface area contributed by atoms with Crippen LogP contribution in [0.2, 0.25) is 0 Å². The Hall–Kier alpha value is -3.15. The molecule has 0 aliphatic rings. The Morgan fingerprint density at radius 2 is 0.560 bits per heavy atom. The van der Waals surface area contributed by atoms with Gasteiger partial charge in [-0.2, -0.15) is 0 Å². The maximum atomic E-state index is 12.9. The molecule has 0 aliphatic heterocycles. The molecule has 1 atom stereocenters. The molecule has 0 N–H and O–H groups in total. The summed E-state index contributed by atoms with van der Waals surface area (Å²) in [6.07, 6.45) is 81.8. The lowest BCUT2D eigenvalue weighted by Gasteiger charge is -2.18. The normalized spacial score (nSPS) is 12.5. The fraction of sp³-hybridized carbons (Fsp3) is 0.783. The van der Waals surface area contributed by atoms with Gasteiger partial charge in [0.1, 0.15) is 13.2 Å². The van der Waals surface area contributed by atoms with E-state index in [0.29, 0.717) is 19.3 Å². The highest BCUT2D eigenvalue weighted by molar-refractivity contribution is 5.71. The van der Waals surface area contributed by atoms with Crippen LogP contribution in [-0.2, 0) is 28.6 Å². The molecule has 0 heterocycles. The molecule has 0 fully saturated rings. The van der Waals surface area contributed by atoms with Gasteiger partial charge >= 0.3 is 17.9 Å². The topological polar surface area (TPSA) is 78.9 Å². The summed E-state index contributed by atoms with van der Waals surface area (Å²) in [6, 6.07) is 0. The standard InChI is InChI=1S/C69H122O6/c1-4-7-10-13-16-19-22-25-28-31-34-37-40-43-46-49-52-55-58-61-67(70)73-64-66(75-69(72)63-60-57-54-51-48-45-42-39-36-33-30-27-24-21-18-15-12-9-6-3)65-74-68(71)62-59-56-53-50-47-44-41-38-35-32-29-26-23-20-17-14-11-8-5-2/h7,10,16,18-19,21,24-25,27-28,32,35,66H,4-6,8-9,11-15,17,20,22-23,26,29-31,33-34,36-65H2,1-3H3/b10-7-,19-16-,21-18-,27-24-,28-25-,35-32-. The second-order valence-electron chi connectivity index (χ2n) is 21.7. The molecule has 0 bridgehead atoms. The molecule has 0 aromatic rings. The summed E-state index contributed by atoms with van der Waals surface area (Å²) in [5.74, 6) is -0.876. The van der Waals surface area contributed by atoms with Crippen molar-refractivity contribution in [3.05, 3.63) is 72.9 Å². The van der Waals surface area contributed by atoms with Gasteiger partial charge < -0.3 is 14.2 Å². The maximum Gasteiger partial charge on any atom is 0.306 e. The Morgan fingerprint density at radius 3 is 0.933 bits per heavy atom. The van der Waals surface area contributed by atoms with Crippen molar-refractivity contribution in [2.24, 2.45) is 0 Å². The van der Waals surface area contributed by atoms with Crippen LogP contribution in [0, 0.1) is 0 Å². The smallest absolute Gasteiger partial charge is 0.306 e. The van der Waals surface area contributed by atoms with E-state index in [9.17, 15) is 14.4 Å². The highest BCUT2D eigenvalue weighted by Gasteiger charge is 2.19. The van der Waals surface area contributed by atoms with Gasteiger partial charge in [0.25, 0.3) is 0 Å². The van der Waals surface area contributed by atoms with Crippen LogP contribution < -0.4 is 0 Å². The molecule has 0 aliphatic carbocycles.